The number of ether oxygens (including phenoxy) is 2. The highest BCUT2D eigenvalue weighted by Gasteiger charge is 2.48. The van der Waals surface area contributed by atoms with Crippen LogP contribution >= 0.6 is 0 Å². The van der Waals surface area contributed by atoms with Crippen molar-refractivity contribution in [2.24, 2.45) is 0 Å². The maximum Gasteiger partial charge on any atom is 0.339 e. The molecule has 2 aromatic carbocycles. The number of allylic oxidation sites excluding steroid dienone is 2. The van der Waals surface area contributed by atoms with Crippen molar-refractivity contribution in [1.29, 1.82) is 0 Å². The molecule has 4 aliphatic rings. The third-order valence-electron chi connectivity index (χ3n) is 7.33. The van der Waals surface area contributed by atoms with Crippen LogP contribution in [0.1, 0.15) is 77.5 Å². The first-order valence-electron chi connectivity index (χ1n) is 12.1. The number of aliphatic hydroxyl groups excluding tert-OH is 2. The number of benzene rings is 2. The van der Waals surface area contributed by atoms with E-state index in [1.807, 2.05) is 0 Å². The van der Waals surface area contributed by atoms with Gasteiger partial charge in [0.15, 0.2) is 0 Å². The maximum atomic E-state index is 13.3. The molecular weight excluding hydrogens is 528 g/mol. The zero-order valence-corrected chi connectivity index (χ0v) is 20.8. The zero-order chi connectivity index (χ0) is 28.9. The minimum Gasteiger partial charge on any atom is -0.507 e. The van der Waals surface area contributed by atoms with E-state index in [9.17, 15) is 49.2 Å². The van der Waals surface area contributed by atoms with Crippen molar-refractivity contribution in [2.45, 2.75) is 38.9 Å². The lowest BCUT2D eigenvalue weighted by atomic mass is 9.75. The van der Waals surface area contributed by atoms with E-state index in [-0.39, 0.29) is 35.1 Å². The topological polar surface area (TPSA) is 202 Å². The normalized spacial score (nSPS) is 21.9. The number of ketones is 4. The van der Waals surface area contributed by atoms with Crippen molar-refractivity contribution >= 4 is 46.6 Å². The van der Waals surface area contributed by atoms with Crippen LogP contribution in [0.4, 0.5) is 0 Å². The molecule has 0 amide bonds. The number of carbonyl (C=O) groups excluding carboxylic acids is 6. The van der Waals surface area contributed by atoms with Gasteiger partial charge in [0.05, 0.1) is 44.5 Å². The minimum atomic E-state index is -1.57. The van der Waals surface area contributed by atoms with Gasteiger partial charge in [-0.15, -0.1) is 0 Å². The molecule has 2 aliphatic heterocycles. The minimum absolute atomic E-state index is 0.0985. The van der Waals surface area contributed by atoms with E-state index in [1.165, 1.54) is 0 Å². The summed E-state index contributed by atoms with van der Waals surface area (Å²) in [5.74, 6) is -11.7. The number of cyclic esters (lactones) is 2. The van der Waals surface area contributed by atoms with Crippen molar-refractivity contribution < 1.29 is 58.7 Å². The van der Waals surface area contributed by atoms with Gasteiger partial charge in [0.1, 0.15) is 35.2 Å². The fourth-order valence-electron chi connectivity index (χ4n) is 5.74. The SMILES string of the molecule is C[C@H]1Cc2cc(O)c3c(c2C(=O)O1)C(=O)C(=O)C(C1=C(O)c2c(O)cc4c(c2C(=O)C1=O)C(=O)O[C@@H](C)C4)=C3O. The summed E-state index contributed by atoms with van der Waals surface area (Å²) in [6.45, 7) is 3.15. The summed E-state index contributed by atoms with van der Waals surface area (Å²) < 4.78 is 10.3. The second-order valence-electron chi connectivity index (χ2n) is 9.96. The van der Waals surface area contributed by atoms with Crippen LogP contribution in [0.15, 0.2) is 23.3 Å². The number of phenols is 2. The molecule has 0 aromatic heterocycles. The third kappa shape index (κ3) is 3.12. The molecule has 0 spiro atoms. The quantitative estimate of drug-likeness (QED) is 0.300. The Bertz CT molecular complexity index is 1640. The number of hydrogen-bond acceptors (Lipinski definition) is 12. The van der Waals surface area contributed by atoms with Crippen LogP contribution < -0.4 is 0 Å². The fourth-order valence-corrected chi connectivity index (χ4v) is 5.74. The number of aromatic hydroxyl groups is 2. The van der Waals surface area contributed by atoms with Crippen LogP contribution in [0.3, 0.4) is 0 Å². The molecule has 2 atom stereocenters. The van der Waals surface area contributed by atoms with Gasteiger partial charge in [0, 0.05) is 12.8 Å². The first-order chi connectivity index (χ1) is 18.8. The molecule has 6 rings (SSSR count). The van der Waals surface area contributed by atoms with Crippen LogP contribution in [0, 0.1) is 0 Å². The predicted octanol–water partition coefficient (Wildman–Crippen LogP) is 2.07. The maximum absolute atomic E-state index is 13.3. The van der Waals surface area contributed by atoms with Gasteiger partial charge < -0.3 is 29.9 Å². The number of fused-ring (bicyclic) bond motifs is 6. The van der Waals surface area contributed by atoms with E-state index >= 15 is 0 Å². The van der Waals surface area contributed by atoms with E-state index in [4.69, 9.17) is 9.47 Å². The van der Waals surface area contributed by atoms with Crippen molar-refractivity contribution in [3.05, 3.63) is 67.8 Å². The van der Waals surface area contributed by atoms with Crippen molar-refractivity contribution in [2.75, 3.05) is 0 Å². The smallest absolute Gasteiger partial charge is 0.339 e. The molecule has 2 heterocycles. The summed E-state index contributed by atoms with van der Waals surface area (Å²) in [6.07, 6.45) is -1.00. The Morgan fingerprint density at radius 2 is 0.900 bits per heavy atom. The van der Waals surface area contributed by atoms with E-state index in [0.717, 1.165) is 12.1 Å². The first-order valence-corrected chi connectivity index (χ1v) is 12.1. The summed E-state index contributed by atoms with van der Waals surface area (Å²) in [5.41, 5.74) is -5.22. The summed E-state index contributed by atoms with van der Waals surface area (Å²) in [4.78, 5) is 78.6. The highest BCUT2D eigenvalue weighted by molar-refractivity contribution is 6.61. The van der Waals surface area contributed by atoms with E-state index in [0.29, 0.717) is 0 Å². The zero-order valence-electron chi connectivity index (χ0n) is 20.8. The van der Waals surface area contributed by atoms with Crippen LogP contribution in [0.2, 0.25) is 0 Å². The predicted molar refractivity (Wildman–Crippen MR) is 131 cm³/mol. The van der Waals surface area contributed by atoms with Crippen molar-refractivity contribution in [3.63, 3.8) is 0 Å². The molecule has 12 nitrogen and oxygen atoms in total. The van der Waals surface area contributed by atoms with Gasteiger partial charge in [0.2, 0.25) is 23.1 Å². The van der Waals surface area contributed by atoms with Crippen LogP contribution in [0.5, 0.6) is 11.5 Å². The Hall–Kier alpha value is -5.26. The molecule has 0 saturated heterocycles. The fraction of sp³-hybridized carbons (Fsp3) is 0.214. The average Bonchev–Trinajstić information content (AvgIpc) is 2.86. The molecule has 0 fully saturated rings. The van der Waals surface area contributed by atoms with Crippen LogP contribution in [-0.4, -0.2) is 67.7 Å². The largest absolute Gasteiger partial charge is 0.507 e. The standard InChI is InChI=1S/C28H18O12/c1-7-3-9-5-11(29)15-17(13(9)27(37)39-7)23(33)25(35)19(21(15)31)20-22(32)16-12(30)6-10-4-8(2)40-28(38)14(10)18(16)24(34)26(20)36/h5-8,29-32H,3-4H2,1-2H3/t7-,8-/m0/s1. The average molecular weight is 546 g/mol. The molecule has 40 heavy (non-hydrogen) atoms. The molecule has 202 valence electrons. The molecular formula is C28H18O12. The molecule has 0 unspecified atom stereocenters. The van der Waals surface area contributed by atoms with Crippen LogP contribution in [-0.2, 0) is 31.9 Å². The van der Waals surface area contributed by atoms with Gasteiger partial charge >= 0.3 is 11.9 Å². The lowest BCUT2D eigenvalue weighted by Crippen LogP contribution is -2.36. The monoisotopic (exact) mass is 546 g/mol. The van der Waals surface area contributed by atoms with Gasteiger partial charge in [-0.2, -0.15) is 0 Å². The second kappa shape index (κ2) is 8.12. The lowest BCUT2D eigenvalue weighted by molar-refractivity contribution is -0.114. The summed E-state index contributed by atoms with van der Waals surface area (Å²) >= 11 is 0. The Kier molecular flexibility index (Phi) is 5.08. The Morgan fingerprint density at radius 1 is 0.550 bits per heavy atom. The number of aliphatic hydroxyl groups is 2. The van der Waals surface area contributed by atoms with E-state index in [2.05, 4.69) is 0 Å². The molecule has 4 N–H and O–H groups in total. The summed E-state index contributed by atoms with van der Waals surface area (Å²) in [7, 11) is 0. The lowest BCUT2D eigenvalue weighted by Gasteiger charge is -2.29. The summed E-state index contributed by atoms with van der Waals surface area (Å²) in [5, 5.41) is 43.7. The highest BCUT2D eigenvalue weighted by atomic mass is 16.5. The second-order valence-corrected chi connectivity index (χ2v) is 9.96. The third-order valence-corrected chi connectivity index (χ3v) is 7.33. The van der Waals surface area contributed by atoms with E-state index < -0.39 is 104 Å². The van der Waals surface area contributed by atoms with E-state index in [1.54, 1.807) is 13.8 Å². The highest BCUT2D eigenvalue weighted by Crippen LogP contribution is 2.46. The van der Waals surface area contributed by atoms with Gasteiger partial charge in [-0.1, -0.05) is 0 Å². The van der Waals surface area contributed by atoms with Crippen LogP contribution in [0.25, 0.3) is 11.5 Å². The van der Waals surface area contributed by atoms with Gasteiger partial charge in [-0.25, -0.2) is 9.59 Å². The molecule has 0 radical (unpaired) electrons. The molecule has 0 saturated carbocycles. The number of phenolic OH excluding ortho intramolecular Hbond substituents is 2. The Morgan fingerprint density at radius 3 is 1.25 bits per heavy atom. The van der Waals surface area contributed by atoms with Gasteiger partial charge in [-0.3, -0.25) is 19.2 Å². The number of Topliss-reactive ketones (excluding diaryl/α,β-unsaturated/α-hetero) is 4. The molecule has 2 aliphatic carbocycles. The Balaban J connectivity index is 1.65. The Labute approximate surface area is 223 Å². The van der Waals surface area contributed by atoms with Gasteiger partial charge in [0.25, 0.3) is 0 Å². The number of hydrogen-bond donors (Lipinski definition) is 4. The number of carbonyl (C=O) groups is 6. The van der Waals surface area contributed by atoms with Gasteiger partial charge in [-0.05, 0) is 37.1 Å². The molecule has 0 bridgehead atoms. The number of esters is 2. The summed E-state index contributed by atoms with van der Waals surface area (Å²) in [6, 6.07) is 2.20. The number of rotatable bonds is 1. The van der Waals surface area contributed by atoms with Crippen molar-refractivity contribution in [3.8, 4) is 11.5 Å². The van der Waals surface area contributed by atoms with Crippen molar-refractivity contribution in [1.82, 2.24) is 0 Å². The molecule has 2 aromatic rings. The first kappa shape index (κ1) is 25.0. The molecule has 12 heteroatoms.